The van der Waals surface area contributed by atoms with Crippen LogP contribution in [0.4, 0.5) is 4.39 Å². The zero-order chi connectivity index (χ0) is 23.4. The van der Waals surface area contributed by atoms with Gasteiger partial charge in [0.15, 0.2) is 5.78 Å². The van der Waals surface area contributed by atoms with E-state index in [0.717, 1.165) is 5.56 Å². The molecule has 0 radical (unpaired) electrons. The van der Waals surface area contributed by atoms with Gasteiger partial charge in [0, 0.05) is 18.9 Å². The quantitative estimate of drug-likeness (QED) is 0.412. The fourth-order valence-corrected chi connectivity index (χ4v) is 3.49. The van der Waals surface area contributed by atoms with Crippen LogP contribution in [0.1, 0.15) is 44.5 Å². The number of carbonyl (C=O) groups is 2. The van der Waals surface area contributed by atoms with Crippen LogP contribution < -0.4 is 10.1 Å². The molecule has 2 aromatic carbocycles. The Kier molecular flexibility index (Phi) is 6.26. The molecule has 0 aliphatic carbocycles. The molecule has 4 aromatic rings. The van der Waals surface area contributed by atoms with E-state index in [1.54, 1.807) is 48.8 Å². The van der Waals surface area contributed by atoms with Gasteiger partial charge < -0.3 is 10.1 Å². The molecule has 2 N–H and O–H groups in total. The summed E-state index contributed by atoms with van der Waals surface area (Å²) in [6.45, 7) is 1.65. The van der Waals surface area contributed by atoms with Gasteiger partial charge in [0.1, 0.15) is 11.6 Å². The topological polar surface area (TPSA) is 97.0 Å². The third-order valence-corrected chi connectivity index (χ3v) is 5.14. The zero-order valence-corrected chi connectivity index (χ0v) is 18.1. The molecule has 0 saturated carbocycles. The lowest BCUT2D eigenvalue weighted by Gasteiger charge is -2.11. The molecular weight excluding hydrogens is 423 g/mol. The van der Waals surface area contributed by atoms with Crippen molar-refractivity contribution in [3.8, 4) is 5.75 Å². The van der Waals surface area contributed by atoms with Gasteiger partial charge in [0.2, 0.25) is 0 Å². The molecule has 1 amide bonds. The van der Waals surface area contributed by atoms with Crippen LogP contribution in [-0.4, -0.2) is 34.0 Å². The molecule has 0 unspecified atom stereocenters. The molecule has 0 fully saturated rings. The molecule has 0 spiro atoms. The molecule has 2 aromatic heterocycles. The second-order valence-corrected chi connectivity index (χ2v) is 7.35. The molecule has 0 saturated heterocycles. The standard InChI is InChI=1S/C25H21FN4O3/c1-15(31)19-12-16(5-8-20(19)26)6-9-21-23-22(30-29-21)10-7-18(24(23)33-2)25(32)28-14-17-4-3-11-27-13-17/h3-13H,14H2,1-2H3,(H,28,32)(H,29,30). The number of hydrogen-bond donors (Lipinski definition) is 2. The molecule has 2 heterocycles. The fraction of sp³-hybridized carbons (Fsp3) is 0.120. The zero-order valence-electron chi connectivity index (χ0n) is 18.1. The number of halogens is 1. The maximum atomic E-state index is 13.8. The highest BCUT2D eigenvalue weighted by atomic mass is 19.1. The number of benzene rings is 2. The van der Waals surface area contributed by atoms with E-state index < -0.39 is 5.82 Å². The predicted molar refractivity (Wildman–Crippen MR) is 123 cm³/mol. The van der Waals surface area contributed by atoms with Crippen molar-refractivity contribution in [1.29, 1.82) is 0 Å². The minimum atomic E-state index is -0.562. The van der Waals surface area contributed by atoms with Gasteiger partial charge in [-0.15, -0.1) is 0 Å². The molecule has 8 heteroatoms. The first-order chi connectivity index (χ1) is 16.0. The molecule has 0 aliphatic rings. The van der Waals surface area contributed by atoms with Gasteiger partial charge in [-0.1, -0.05) is 18.2 Å². The molecule has 0 atom stereocenters. The van der Waals surface area contributed by atoms with Crippen molar-refractivity contribution in [2.24, 2.45) is 0 Å². The van der Waals surface area contributed by atoms with Crippen LogP contribution in [0.3, 0.4) is 0 Å². The summed E-state index contributed by atoms with van der Waals surface area (Å²) in [5, 5.41) is 10.7. The van der Waals surface area contributed by atoms with E-state index in [2.05, 4.69) is 20.5 Å². The number of Topliss-reactive ketones (excluding diaryl/α,β-unsaturated/α-hetero) is 1. The number of methoxy groups -OCH3 is 1. The second kappa shape index (κ2) is 9.44. The summed E-state index contributed by atoms with van der Waals surface area (Å²) in [4.78, 5) is 28.5. The summed E-state index contributed by atoms with van der Waals surface area (Å²) in [5.74, 6) is -0.823. The summed E-state index contributed by atoms with van der Waals surface area (Å²) >= 11 is 0. The number of H-pyrrole nitrogens is 1. The van der Waals surface area contributed by atoms with Crippen LogP contribution in [0.5, 0.6) is 5.75 Å². The number of nitrogens with one attached hydrogen (secondary N) is 2. The van der Waals surface area contributed by atoms with Crippen molar-refractivity contribution in [3.63, 3.8) is 0 Å². The number of pyridine rings is 1. The number of hydrogen-bond acceptors (Lipinski definition) is 5. The molecule has 166 valence electrons. The van der Waals surface area contributed by atoms with E-state index in [9.17, 15) is 14.0 Å². The van der Waals surface area contributed by atoms with Gasteiger partial charge in [0.25, 0.3) is 5.91 Å². The summed E-state index contributed by atoms with van der Waals surface area (Å²) in [5.41, 5.74) is 3.14. The summed E-state index contributed by atoms with van der Waals surface area (Å²) in [7, 11) is 1.49. The first-order valence-corrected chi connectivity index (χ1v) is 10.2. The van der Waals surface area contributed by atoms with E-state index >= 15 is 0 Å². The second-order valence-electron chi connectivity index (χ2n) is 7.35. The van der Waals surface area contributed by atoms with Crippen molar-refractivity contribution < 1.29 is 18.7 Å². The normalized spacial score (nSPS) is 11.1. The van der Waals surface area contributed by atoms with E-state index in [-0.39, 0.29) is 17.3 Å². The number of fused-ring (bicyclic) bond motifs is 1. The number of rotatable bonds is 7. The van der Waals surface area contributed by atoms with Crippen LogP contribution >= 0.6 is 0 Å². The van der Waals surface area contributed by atoms with E-state index in [4.69, 9.17) is 4.74 Å². The first kappa shape index (κ1) is 21.9. The molecule has 33 heavy (non-hydrogen) atoms. The van der Waals surface area contributed by atoms with Gasteiger partial charge in [0.05, 0.1) is 34.8 Å². The number of nitrogens with zero attached hydrogens (tertiary/aromatic N) is 2. The van der Waals surface area contributed by atoms with Crippen molar-refractivity contribution in [2.75, 3.05) is 7.11 Å². The Hall–Kier alpha value is -4.33. The lowest BCUT2D eigenvalue weighted by Crippen LogP contribution is -2.23. The fourth-order valence-electron chi connectivity index (χ4n) is 3.49. The van der Waals surface area contributed by atoms with Gasteiger partial charge in [-0.3, -0.25) is 19.7 Å². The number of ether oxygens (including phenoxy) is 1. The van der Waals surface area contributed by atoms with Crippen LogP contribution in [-0.2, 0) is 6.54 Å². The minimum absolute atomic E-state index is 0.0224. The number of carbonyl (C=O) groups excluding carboxylic acids is 2. The van der Waals surface area contributed by atoms with Crippen molar-refractivity contribution >= 4 is 34.7 Å². The van der Waals surface area contributed by atoms with E-state index in [1.807, 2.05) is 6.07 Å². The number of aromatic nitrogens is 3. The third kappa shape index (κ3) is 4.64. The Labute approximate surface area is 189 Å². The minimum Gasteiger partial charge on any atom is -0.495 e. The Morgan fingerprint density at radius 2 is 2.00 bits per heavy atom. The highest BCUT2D eigenvalue weighted by molar-refractivity contribution is 6.05. The average molecular weight is 444 g/mol. The third-order valence-electron chi connectivity index (χ3n) is 5.14. The summed E-state index contributed by atoms with van der Waals surface area (Å²) < 4.78 is 19.4. The average Bonchev–Trinajstić information content (AvgIpc) is 3.25. The predicted octanol–water partition coefficient (Wildman–Crippen LogP) is 4.41. The Bertz CT molecular complexity index is 1360. The van der Waals surface area contributed by atoms with Gasteiger partial charge in [-0.2, -0.15) is 5.10 Å². The lowest BCUT2D eigenvalue weighted by atomic mass is 10.0. The van der Waals surface area contributed by atoms with E-state index in [1.165, 1.54) is 26.2 Å². The highest BCUT2D eigenvalue weighted by Crippen LogP contribution is 2.32. The number of aromatic amines is 1. The number of amides is 1. The maximum Gasteiger partial charge on any atom is 0.255 e. The van der Waals surface area contributed by atoms with E-state index in [0.29, 0.717) is 40.0 Å². The Balaban J connectivity index is 1.65. The Morgan fingerprint density at radius 1 is 1.15 bits per heavy atom. The molecule has 0 bridgehead atoms. The van der Waals surface area contributed by atoms with Gasteiger partial charge in [-0.05, 0) is 54.5 Å². The highest BCUT2D eigenvalue weighted by Gasteiger charge is 2.19. The largest absolute Gasteiger partial charge is 0.495 e. The first-order valence-electron chi connectivity index (χ1n) is 10.2. The van der Waals surface area contributed by atoms with Gasteiger partial charge in [-0.25, -0.2) is 4.39 Å². The van der Waals surface area contributed by atoms with Crippen LogP contribution in [0.15, 0.2) is 54.9 Å². The molecular formula is C25H21FN4O3. The SMILES string of the molecule is COc1c(C(=O)NCc2cccnc2)ccc2[nH]nc(C=Cc3ccc(F)c(C(C)=O)c3)c12. The Morgan fingerprint density at radius 3 is 2.73 bits per heavy atom. The number of ketones is 1. The van der Waals surface area contributed by atoms with Crippen LogP contribution in [0, 0.1) is 5.82 Å². The lowest BCUT2D eigenvalue weighted by molar-refractivity contribution is 0.0947. The summed E-state index contributed by atoms with van der Waals surface area (Å²) in [6.07, 6.45) is 6.79. The molecule has 0 aliphatic heterocycles. The van der Waals surface area contributed by atoms with Crippen LogP contribution in [0.2, 0.25) is 0 Å². The van der Waals surface area contributed by atoms with Crippen molar-refractivity contribution in [3.05, 3.63) is 88.6 Å². The van der Waals surface area contributed by atoms with Crippen LogP contribution in [0.25, 0.3) is 23.1 Å². The molecule has 7 nitrogen and oxygen atoms in total. The summed E-state index contributed by atoms with van der Waals surface area (Å²) in [6, 6.07) is 11.4. The maximum absolute atomic E-state index is 13.8. The molecule has 4 rings (SSSR count). The van der Waals surface area contributed by atoms with Gasteiger partial charge >= 0.3 is 0 Å². The smallest absolute Gasteiger partial charge is 0.255 e. The monoisotopic (exact) mass is 444 g/mol. The van der Waals surface area contributed by atoms with Crippen molar-refractivity contribution in [2.45, 2.75) is 13.5 Å². The van der Waals surface area contributed by atoms with Crippen molar-refractivity contribution in [1.82, 2.24) is 20.5 Å².